The van der Waals surface area contributed by atoms with Gasteiger partial charge in [0.25, 0.3) is 0 Å². The van der Waals surface area contributed by atoms with E-state index in [1.54, 1.807) is 6.92 Å². The zero-order chi connectivity index (χ0) is 10.9. The Morgan fingerprint density at radius 2 is 2.07 bits per heavy atom. The van der Waals surface area contributed by atoms with Gasteiger partial charge in [0.05, 0.1) is 0 Å². The van der Waals surface area contributed by atoms with E-state index in [2.05, 4.69) is 0 Å². The Kier molecular flexibility index (Phi) is 3.06. The molecule has 0 aliphatic carbocycles. The van der Waals surface area contributed by atoms with E-state index in [4.69, 9.17) is 10.8 Å². The predicted molar refractivity (Wildman–Crippen MR) is 50.0 cm³/mol. The first-order chi connectivity index (χ1) is 6.49. The van der Waals surface area contributed by atoms with Crippen molar-refractivity contribution in [3.05, 3.63) is 28.8 Å². The van der Waals surface area contributed by atoms with Crippen molar-refractivity contribution in [2.45, 2.75) is 26.3 Å². The second-order valence-corrected chi connectivity index (χ2v) is 3.24. The fourth-order valence-electron chi connectivity index (χ4n) is 1.37. The molecular weight excluding hydrogens is 188 g/mol. The monoisotopic (exact) mass is 201 g/mol. The van der Waals surface area contributed by atoms with E-state index in [1.165, 1.54) is 6.92 Å². The molecule has 1 rings (SSSR count). The highest BCUT2D eigenvalue weighted by molar-refractivity contribution is 5.39. The maximum Gasteiger partial charge on any atom is 0.170 e. The van der Waals surface area contributed by atoms with Crippen LogP contribution in [-0.4, -0.2) is 5.11 Å². The third-order valence-electron chi connectivity index (χ3n) is 2.30. The molecule has 0 saturated carbocycles. The Hall–Kier alpha value is -1.16. The maximum absolute atomic E-state index is 13.4. The van der Waals surface area contributed by atoms with Crippen LogP contribution in [0.2, 0.25) is 0 Å². The van der Waals surface area contributed by atoms with Crippen molar-refractivity contribution in [3.63, 3.8) is 0 Å². The number of hydrogen-bond donors (Lipinski definition) is 2. The van der Waals surface area contributed by atoms with Gasteiger partial charge < -0.3 is 10.8 Å². The second-order valence-electron chi connectivity index (χ2n) is 3.24. The molecule has 0 aromatic heterocycles. The molecule has 1 atom stereocenters. The average molecular weight is 201 g/mol. The maximum atomic E-state index is 13.4. The van der Waals surface area contributed by atoms with Crippen molar-refractivity contribution < 1.29 is 13.9 Å². The van der Waals surface area contributed by atoms with Gasteiger partial charge in [0.1, 0.15) is 5.82 Å². The van der Waals surface area contributed by atoms with Crippen LogP contribution in [0.15, 0.2) is 6.07 Å². The number of nitrogens with two attached hydrogens (primary N) is 1. The Morgan fingerprint density at radius 1 is 1.50 bits per heavy atom. The van der Waals surface area contributed by atoms with Gasteiger partial charge in [-0.2, -0.15) is 0 Å². The number of aromatic hydroxyl groups is 1. The van der Waals surface area contributed by atoms with Gasteiger partial charge in [-0.05, 0) is 18.9 Å². The number of phenols is 1. The van der Waals surface area contributed by atoms with Crippen molar-refractivity contribution in [1.82, 2.24) is 0 Å². The molecular formula is C10H13F2NO. The zero-order valence-electron chi connectivity index (χ0n) is 8.14. The standard InChI is InChI=1S/C10H13F2NO/c1-3-7(13)9-5(2)6(11)4-8(14)10(9)12/h4,7,14H,3,13H2,1-2H3/t7-/m0/s1. The normalized spacial score (nSPS) is 12.9. The lowest BCUT2D eigenvalue weighted by Gasteiger charge is -2.15. The molecule has 14 heavy (non-hydrogen) atoms. The summed E-state index contributed by atoms with van der Waals surface area (Å²) in [6, 6.07) is 0.174. The van der Waals surface area contributed by atoms with Gasteiger partial charge in [0.2, 0.25) is 0 Å². The summed E-state index contributed by atoms with van der Waals surface area (Å²) in [5, 5.41) is 9.08. The third kappa shape index (κ3) is 1.70. The fourth-order valence-corrected chi connectivity index (χ4v) is 1.37. The van der Waals surface area contributed by atoms with Crippen molar-refractivity contribution in [2.24, 2.45) is 5.73 Å². The minimum atomic E-state index is -0.821. The van der Waals surface area contributed by atoms with Gasteiger partial charge >= 0.3 is 0 Å². The molecule has 3 N–H and O–H groups in total. The summed E-state index contributed by atoms with van der Waals surface area (Å²) in [7, 11) is 0. The van der Waals surface area contributed by atoms with Gasteiger partial charge in [-0.1, -0.05) is 6.92 Å². The van der Waals surface area contributed by atoms with E-state index >= 15 is 0 Å². The van der Waals surface area contributed by atoms with Gasteiger partial charge in [0, 0.05) is 17.7 Å². The van der Waals surface area contributed by atoms with Crippen LogP contribution in [0.5, 0.6) is 5.75 Å². The number of rotatable bonds is 2. The Balaban J connectivity index is 3.39. The van der Waals surface area contributed by atoms with Gasteiger partial charge in [-0.15, -0.1) is 0 Å². The van der Waals surface area contributed by atoms with Crippen LogP contribution in [0.3, 0.4) is 0 Å². The van der Waals surface area contributed by atoms with E-state index in [9.17, 15) is 8.78 Å². The topological polar surface area (TPSA) is 46.2 Å². The lowest BCUT2D eigenvalue weighted by Crippen LogP contribution is -2.13. The third-order valence-corrected chi connectivity index (χ3v) is 2.30. The first-order valence-electron chi connectivity index (χ1n) is 4.42. The van der Waals surface area contributed by atoms with Crippen molar-refractivity contribution in [2.75, 3.05) is 0 Å². The lowest BCUT2D eigenvalue weighted by molar-refractivity contribution is 0.416. The minimum absolute atomic E-state index is 0.0602. The second kappa shape index (κ2) is 3.92. The molecule has 1 aromatic rings. The first-order valence-corrected chi connectivity index (χ1v) is 4.42. The summed E-state index contributed by atoms with van der Waals surface area (Å²) < 4.78 is 26.5. The molecule has 0 heterocycles. The Labute approximate surface area is 81.4 Å². The largest absolute Gasteiger partial charge is 0.505 e. The van der Waals surface area contributed by atoms with Crippen LogP contribution in [0.1, 0.15) is 30.5 Å². The molecule has 0 spiro atoms. The van der Waals surface area contributed by atoms with E-state index in [0.717, 1.165) is 6.07 Å². The van der Waals surface area contributed by atoms with Crippen molar-refractivity contribution in [1.29, 1.82) is 0 Å². The molecule has 0 aliphatic heterocycles. The first kappa shape index (κ1) is 10.9. The molecule has 0 amide bonds. The zero-order valence-corrected chi connectivity index (χ0v) is 8.14. The Morgan fingerprint density at radius 3 is 2.57 bits per heavy atom. The smallest absolute Gasteiger partial charge is 0.170 e. The van der Waals surface area contributed by atoms with Gasteiger partial charge in [-0.3, -0.25) is 0 Å². The number of phenolic OH excluding ortho intramolecular Hbond substituents is 1. The summed E-state index contributed by atoms with van der Waals surface area (Å²) in [5.41, 5.74) is 5.84. The van der Waals surface area contributed by atoms with Crippen LogP contribution in [0.4, 0.5) is 8.78 Å². The van der Waals surface area contributed by atoms with Crippen molar-refractivity contribution in [3.8, 4) is 5.75 Å². The van der Waals surface area contributed by atoms with Crippen LogP contribution >= 0.6 is 0 Å². The SMILES string of the molecule is CC[C@H](N)c1c(C)c(F)cc(O)c1F. The molecule has 0 aliphatic rings. The Bertz CT molecular complexity index is 326. The number of benzene rings is 1. The molecule has 0 saturated heterocycles. The summed E-state index contributed by atoms with van der Waals surface area (Å²) in [6.45, 7) is 3.22. The van der Waals surface area contributed by atoms with E-state index in [1.807, 2.05) is 0 Å². The summed E-state index contributed by atoms with van der Waals surface area (Å²) >= 11 is 0. The molecule has 4 heteroatoms. The highest BCUT2D eigenvalue weighted by atomic mass is 19.1. The lowest BCUT2D eigenvalue weighted by atomic mass is 9.98. The highest BCUT2D eigenvalue weighted by Crippen LogP contribution is 2.29. The quantitative estimate of drug-likeness (QED) is 0.771. The number of hydrogen-bond acceptors (Lipinski definition) is 2. The molecule has 1 aromatic carbocycles. The molecule has 0 fully saturated rings. The van der Waals surface area contributed by atoms with E-state index in [-0.39, 0.29) is 11.1 Å². The minimum Gasteiger partial charge on any atom is -0.505 e. The highest BCUT2D eigenvalue weighted by Gasteiger charge is 2.19. The summed E-state index contributed by atoms with van der Waals surface area (Å²) in [4.78, 5) is 0. The molecule has 0 bridgehead atoms. The molecule has 2 nitrogen and oxygen atoms in total. The van der Waals surface area contributed by atoms with Crippen LogP contribution in [0, 0.1) is 18.6 Å². The molecule has 78 valence electrons. The summed E-state index contributed by atoms with van der Waals surface area (Å²) in [5.74, 6) is -2.15. The van der Waals surface area contributed by atoms with E-state index in [0.29, 0.717) is 6.42 Å². The summed E-state index contributed by atoms with van der Waals surface area (Å²) in [6.07, 6.45) is 0.487. The van der Waals surface area contributed by atoms with E-state index < -0.39 is 23.4 Å². The van der Waals surface area contributed by atoms with Crippen molar-refractivity contribution >= 4 is 0 Å². The van der Waals surface area contributed by atoms with Crippen LogP contribution in [0.25, 0.3) is 0 Å². The molecule has 0 radical (unpaired) electrons. The molecule has 0 unspecified atom stereocenters. The van der Waals surface area contributed by atoms with Crippen LogP contribution in [-0.2, 0) is 0 Å². The predicted octanol–water partition coefficient (Wildman–Crippen LogP) is 2.39. The van der Waals surface area contributed by atoms with Gasteiger partial charge in [-0.25, -0.2) is 8.78 Å². The fraction of sp³-hybridized carbons (Fsp3) is 0.400. The van der Waals surface area contributed by atoms with Gasteiger partial charge in [0.15, 0.2) is 11.6 Å². The van der Waals surface area contributed by atoms with Crippen LogP contribution < -0.4 is 5.73 Å². The number of halogens is 2. The average Bonchev–Trinajstić information content (AvgIpc) is 2.15.